The lowest BCUT2D eigenvalue weighted by Crippen LogP contribution is -2.35. The van der Waals surface area contributed by atoms with Crippen LogP contribution >= 0.6 is 0 Å². The molecule has 2 fully saturated rings. The Hall–Kier alpha value is -0.770. The molecule has 4 heteroatoms. The minimum absolute atomic E-state index is 0.319. The lowest BCUT2D eigenvalue weighted by molar-refractivity contribution is -0.0214. The van der Waals surface area contributed by atoms with Crippen LogP contribution in [0.1, 0.15) is 38.5 Å². The van der Waals surface area contributed by atoms with Crippen LogP contribution < -0.4 is 5.32 Å². The van der Waals surface area contributed by atoms with Gasteiger partial charge in [-0.25, -0.2) is 4.79 Å². The van der Waals surface area contributed by atoms with Gasteiger partial charge in [0.25, 0.3) is 0 Å². The maximum atomic E-state index is 10.9. The Morgan fingerprint density at radius 3 is 3.06 bits per heavy atom. The quantitative estimate of drug-likeness (QED) is 0.771. The van der Waals surface area contributed by atoms with Crippen LogP contribution in [0.2, 0.25) is 0 Å². The first kappa shape index (κ1) is 11.7. The van der Waals surface area contributed by atoms with Crippen LogP contribution in [0.5, 0.6) is 0 Å². The minimum Gasteiger partial charge on any atom is -0.449 e. The minimum atomic E-state index is -0.574. The van der Waals surface area contributed by atoms with Crippen molar-refractivity contribution in [2.75, 3.05) is 13.7 Å². The molecule has 2 aliphatic carbocycles. The molecule has 0 aliphatic heterocycles. The van der Waals surface area contributed by atoms with E-state index in [1.54, 1.807) is 7.05 Å². The van der Waals surface area contributed by atoms with Crippen molar-refractivity contribution in [3.05, 3.63) is 0 Å². The number of fused-ring (bicyclic) bond motifs is 2. The first-order valence-electron chi connectivity index (χ1n) is 6.21. The molecule has 92 valence electrons. The number of hydrogen-bond acceptors (Lipinski definition) is 3. The van der Waals surface area contributed by atoms with Gasteiger partial charge >= 0.3 is 6.09 Å². The summed E-state index contributed by atoms with van der Waals surface area (Å²) >= 11 is 0. The molecule has 0 spiro atoms. The van der Waals surface area contributed by atoms with Crippen LogP contribution in [0.25, 0.3) is 0 Å². The molecule has 0 saturated heterocycles. The van der Waals surface area contributed by atoms with E-state index in [2.05, 4.69) is 5.32 Å². The average molecular weight is 227 g/mol. The summed E-state index contributed by atoms with van der Waals surface area (Å²) in [6.45, 7) is 0.319. The maximum Gasteiger partial charge on any atom is 0.406 e. The number of carbonyl (C=O) groups is 1. The number of rotatable bonds is 3. The van der Waals surface area contributed by atoms with Crippen LogP contribution in [0.15, 0.2) is 0 Å². The van der Waals surface area contributed by atoms with Gasteiger partial charge in [0.1, 0.15) is 0 Å². The van der Waals surface area contributed by atoms with Crippen molar-refractivity contribution in [1.82, 2.24) is 5.32 Å². The Kier molecular flexibility index (Phi) is 3.38. The molecule has 1 amide bonds. The van der Waals surface area contributed by atoms with E-state index in [0.29, 0.717) is 24.9 Å². The van der Waals surface area contributed by atoms with Crippen LogP contribution in [-0.2, 0) is 4.74 Å². The Labute approximate surface area is 96.4 Å². The summed E-state index contributed by atoms with van der Waals surface area (Å²) in [5.41, 5.74) is -0.574. The van der Waals surface area contributed by atoms with Gasteiger partial charge in [-0.15, -0.1) is 0 Å². The summed E-state index contributed by atoms with van der Waals surface area (Å²) < 4.78 is 4.96. The molecular formula is C12H21NO3. The number of ether oxygens (including phenoxy) is 1. The molecule has 16 heavy (non-hydrogen) atoms. The molecule has 2 N–H and O–H groups in total. The Bertz CT molecular complexity index is 269. The van der Waals surface area contributed by atoms with E-state index in [9.17, 15) is 9.90 Å². The van der Waals surface area contributed by atoms with Crippen molar-refractivity contribution in [2.24, 2.45) is 11.8 Å². The van der Waals surface area contributed by atoms with Gasteiger partial charge in [-0.2, -0.15) is 0 Å². The molecule has 2 bridgehead atoms. The van der Waals surface area contributed by atoms with E-state index in [1.807, 2.05) is 0 Å². The van der Waals surface area contributed by atoms with E-state index >= 15 is 0 Å². The number of nitrogens with one attached hydrogen (secondary N) is 1. The fraction of sp³-hybridized carbons (Fsp3) is 0.917. The van der Waals surface area contributed by atoms with Crippen molar-refractivity contribution in [3.63, 3.8) is 0 Å². The first-order chi connectivity index (χ1) is 7.64. The molecule has 0 heterocycles. The standard InChI is InChI=1S/C12H21NO3/c1-13-11(14)16-6-5-12(15)8-9-3-2-4-10(12)7-9/h9-10,15H,2-8H2,1H3,(H,13,14). The highest BCUT2D eigenvalue weighted by atomic mass is 16.5. The summed E-state index contributed by atoms with van der Waals surface area (Å²) in [5, 5.41) is 12.9. The summed E-state index contributed by atoms with van der Waals surface area (Å²) in [7, 11) is 1.54. The van der Waals surface area contributed by atoms with Crippen molar-refractivity contribution < 1.29 is 14.6 Å². The number of alkyl carbamates (subject to hydrolysis) is 1. The summed E-state index contributed by atoms with van der Waals surface area (Å²) in [4.78, 5) is 10.9. The van der Waals surface area contributed by atoms with E-state index in [-0.39, 0.29) is 0 Å². The fourth-order valence-electron chi connectivity index (χ4n) is 3.33. The van der Waals surface area contributed by atoms with Crippen molar-refractivity contribution in [3.8, 4) is 0 Å². The summed E-state index contributed by atoms with van der Waals surface area (Å²) in [6.07, 6.45) is 5.87. The van der Waals surface area contributed by atoms with E-state index in [0.717, 1.165) is 19.3 Å². The van der Waals surface area contributed by atoms with Crippen LogP contribution in [0.4, 0.5) is 4.79 Å². The lowest BCUT2D eigenvalue weighted by Gasteiger charge is -2.29. The highest BCUT2D eigenvalue weighted by Gasteiger charge is 2.47. The molecule has 2 aliphatic rings. The zero-order chi connectivity index (χ0) is 11.6. The SMILES string of the molecule is CNC(=O)OCCC1(O)CC2CCCC1C2. The van der Waals surface area contributed by atoms with Crippen molar-refractivity contribution in [2.45, 2.75) is 44.1 Å². The van der Waals surface area contributed by atoms with Gasteiger partial charge in [0, 0.05) is 13.5 Å². The average Bonchev–Trinajstić information content (AvgIpc) is 2.49. The monoisotopic (exact) mass is 227 g/mol. The summed E-state index contributed by atoms with van der Waals surface area (Å²) in [5.74, 6) is 1.13. The molecule has 3 unspecified atom stereocenters. The van der Waals surface area contributed by atoms with Crippen LogP contribution in [-0.4, -0.2) is 30.5 Å². The largest absolute Gasteiger partial charge is 0.449 e. The fourth-order valence-corrected chi connectivity index (χ4v) is 3.33. The smallest absolute Gasteiger partial charge is 0.406 e. The number of aliphatic hydroxyl groups is 1. The normalized spacial score (nSPS) is 37.1. The van der Waals surface area contributed by atoms with Crippen LogP contribution in [0.3, 0.4) is 0 Å². The van der Waals surface area contributed by atoms with E-state index < -0.39 is 11.7 Å². The van der Waals surface area contributed by atoms with Gasteiger partial charge in [0.15, 0.2) is 0 Å². The van der Waals surface area contributed by atoms with Gasteiger partial charge in [0.2, 0.25) is 0 Å². The second kappa shape index (κ2) is 4.62. The third kappa shape index (κ3) is 2.32. The predicted octanol–water partition coefficient (Wildman–Crippen LogP) is 1.67. The number of hydrogen-bond donors (Lipinski definition) is 2. The summed E-state index contributed by atoms with van der Waals surface area (Å²) in [6, 6.07) is 0. The highest BCUT2D eigenvalue weighted by molar-refractivity contribution is 5.66. The molecule has 2 saturated carbocycles. The Balaban J connectivity index is 1.82. The van der Waals surface area contributed by atoms with E-state index in [1.165, 1.54) is 12.8 Å². The molecule has 2 rings (SSSR count). The maximum absolute atomic E-state index is 10.9. The van der Waals surface area contributed by atoms with Gasteiger partial charge in [-0.05, 0) is 31.1 Å². The molecule has 0 aromatic rings. The molecule has 0 aromatic heterocycles. The number of amides is 1. The number of carbonyl (C=O) groups excluding carboxylic acids is 1. The first-order valence-corrected chi connectivity index (χ1v) is 6.21. The van der Waals surface area contributed by atoms with Crippen molar-refractivity contribution in [1.29, 1.82) is 0 Å². The molecule has 4 nitrogen and oxygen atoms in total. The highest BCUT2D eigenvalue weighted by Crippen LogP contribution is 2.49. The second-order valence-corrected chi connectivity index (χ2v) is 5.17. The molecule has 3 atom stereocenters. The molecule has 0 aromatic carbocycles. The zero-order valence-corrected chi connectivity index (χ0v) is 9.87. The second-order valence-electron chi connectivity index (χ2n) is 5.17. The topological polar surface area (TPSA) is 58.6 Å². The Morgan fingerprint density at radius 2 is 2.38 bits per heavy atom. The van der Waals surface area contributed by atoms with Gasteiger partial charge < -0.3 is 15.2 Å². The molecule has 0 radical (unpaired) electrons. The third-order valence-electron chi connectivity index (χ3n) is 4.16. The van der Waals surface area contributed by atoms with Crippen molar-refractivity contribution >= 4 is 6.09 Å². The third-order valence-corrected chi connectivity index (χ3v) is 4.16. The molecular weight excluding hydrogens is 206 g/mol. The van der Waals surface area contributed by atoms with Gasteiger partial charge in [-0.1, -0.05) is 12.8 Å². The van der Waals surface area contributed by atoms with Gasteiger partial charge in [0.05, 0.1) is 12.2 Å². The van der Waals surface area contributed by atoms with Gasteiger partial charge in [-0.3, -0.25) is 0 Å². The predicted molar refractivity (Wildman–Crippen MR) is 60.0 cm³/mol. The lowest BCUT2D eigenvalue weighted by atomic mass is 9.83. The zero-order valence-electron chi connectivity index (χ0n) is 9.87. The van der Waals surface area contributed by atoms with Crippen LogP contribution in [0, 0.1) is 11.8 Å². The Morgan fingerprint density at radius 1 is 1.56 bits per heavy atom. The van der Waals surface area contributed by atoms with E-state index in [4.69, 9.17) is 4.74 Å².